The molecule has 7 aromatic rings. The summed E-state index contributed by atoms with van der Waals surface area (Å²) in [6.07, 6.45) is 1.98. The molecule has 7 aromatic carbocycles. The smallest absolute Gasteiger partial charge is 0.00138 e. The molecule has 0 unspecified atom stereocenters. The Hall–Kier alpha value is -4.34. The van der Waals surface area contributed by atoms with Crippen LogP contribution in [0.25, 0.3) is 21.9 Å². The van der Waals surface area contributed by atoms with Gasteiger partial charge < -0.3 is 0 Å². The summed E-state index contributed by atoms with van der Waals surface area (Å²) in [7, 11) is -1.16. The van der Waals surface area contributed by atoms with Crippen molar-refractivity contribution in [2.24, 2.45) is 0 Å². The van der Waals surface area contributed by atoms with Gasteiger partial charge in [-0.3, -0.25) is 0 Å². The van der Waals surface area contributed by atoms with Crippen LogP contribution in [0.1, 0.15) is 11.1 Å². The van der Waals surface area contributed by atoms with Crippen molar-refractivity contribution in [2.75, 3.05) is 0 Å². The van der Waals surface area contributed by atoms with Gasteiger partial charge in [-0.15, -0.1) is 0 Å². The predicted octanol–water partition coefficient (Wildman–Crippen LogP) is 9.77. The van der Waals surface area contributed by atoms with E-state index in [0.29, 0.717) is 0 Å². The molecule has 0 N–H and O–H groups in total. The fourth-order valence-electron chi connectivity index (χ4n) is 6.10. The largest absolute Gasteiger partial charge is 0.0622 e. The lowest BCUT2D eigenvalue weighted by Gasteiger charge is -2.24. The lowest BCUT2D eigenvalue weighted by Crippen LogP contribution is -2.14. The van der Waals surface area contributed by atoms with Crippen LogP contribution < -0.4 is 21.2 Å². The molecule has 0 saturated heterocycles. The van der Waals surface area contributed by atoms with Crippen LogP contribution in [0.15, 0.2) is 182 Å². The molecule has 0 heterocycles. The third-order valence-corrected chi connectivity index (χ3v) is 13.2. The molecule has 0 spiro atoms. The van der Waals surface area contributed by atoms with Crippen molar-refractivity contribution in [3.8, 4) is 11.1 Å². The number of hydrogen-bond acceptors (Lipinski definition) is 0. The Morgan fingerprint density at radius 2 is 0.727 bits per heavy atom. The molecule has 0 aliphatic rings. The second-order valence-electron chi connectivity index (χ2n) is 11.0. The van der Waals surface area contributed by atoms with Crippen LogP contribution in [-0.2, 0) is 12.3 Å². The topological polar surface area (TPSA) is 0 Å². The van der Waals surface area contributed by atoms with Crippen molar-refractivity contribution < 1.29 is 0 Å². The zero-order valence-electron chi connectivity index (χ0n) is 24.6. The Morgan fingerprint density at radius 3 is 1.25 bits per heavy atom. The Kier molecular flexibility index (Phi) is 8.74. The zero-order valence-corrected chi connectivity index (χ0v) is 26.4. The van der Waals surface area contributed by atoms with E-state index >= 15 is 0 Å². The van der Waals surface area contributed by atoms with Gasteiger partial charge in [-0.2, -0.15) is 0 Å². The first kappa shape index (κ1) is 28.4. The molecule has 0 aromatic heterocycles. The first-order chi connectivity index (χ1) is 21.8. The molecule has 212 valence electrons. The Balaban J connectivity index is 1.38. The van der Waals surface area contributed by atoms with Crippen molar-refractivity contribution in [2.45, 2.75) is 12.3 Å². The van der Waals surface area contributed by atoms with Crippen LogP contribution >= 0.6 is 15.8 Å². The molecule has 0 saturated carbocycles. The maximum absolute atomic E-state index is 2.40. The highest BCUT2D eigenvalue weighted by Crippen LogP contribution is 2.46. The zero-order chi connectivity index (χ0) is 29.6. The molecule has 0 nitrogen and oxygen atoms in total. The Morgan fingerprint density at radius 1 is 0.318 bits per heavy atom. The van der Waals surface area contributed by atoms with Gasteiger partial charge >= 0.3 is 0 Å². The number of hydrogen-bond donors (Lipinski definition) is 0. The van der Waals surface area contributed by atoms with Gasteiger partial charge in [0.2, 0.25) is 0 Å². The van der Waals surface area contributed by atoms with Gasteiger partial charge in [-0.25, -0.2) is 0 Å². The van der Waals surface area contributed by atoms with E-state index in [1.165, 1.54) is 54.2 Å². The van der Waals surface area contributed by atoms with Crippen LogP contribution in [-0.4, -0.2) is 0 Å². The molecule has 0 bridgehead atoms. The van der Waals surface area contributed by atoms with Gasteiger partial charge in [0.25, 0.3) is 0 Å². The van der Waals surface area contributed by atoms with Crippen LogP contribution in [0.3, 0.4) is 0 Å². The molecule has 0 aliphatic heterocycles. The predicted molar refractivity (Wildman–Crippen MR) is 195 cm³/mol. The highest BCUT2D eigenvalue weighted by atomic mass is 31.1. The summed E-state index contributed by atoms with van der Waals surface area (Å²) < 4.78 is 0. The standard InChI is InChI=1S/C42H34P2/c1-5-19-36(20-6-1)43(37-21-7-2-8-22-37)31-34-18-14-16-28-41(34)42-35(30-29-33-17-13-15-27-40(33)42)32-44(38-23-9-3-10-24-38)39-25-11-4-12-26-39/h1-30H,31-32H2. The van der Waals surface area contributed by atoms with Gasteiger partial charge in [0.05, 0.1) is 0 Å². The summed E-state index contributed by atoms with van der Waals surface area (Å²) in [5.74, 6) is 0. The molecule has 0 aliphatic carbocycles. The van der Waals surface area contributed by atoms with Crippen molar-refractivity contribution >= 4 is 47.8 Å². The Bertz CT molecular complexity index is 1870. The van der Waals surface area contributed by atoms with Crippen LogP contribution in [0.5, 0.6) is 0 Å². The molecule has 0 fully saturated rings. The summed E-state index contributed by atoms with van der Waals surface area (Å²) in [5, 5.41) is 8.28. The first-order valence-corrected chi connectivity index (χ1v) is 18.2. The minimum absolute atomic E-state index is 0.572. The second kappa shape index (κ2) is 13.5. The SMILES string of the molecule is c1ccc(P(Cc2ccccc2-c2c(CP(c3ccccc3)c3ccccc3)ccc3ccccc23)c2ccccc2)cc1. The average Bonchev–Trinajstić information content (AvgIpc) is 3.11. The summed E-state index contributed by atoms with van der Waals surface area (Å²) in [5.41, 5.74) is 5.57. The minimum Gasteiger partial charge on any atom is -0.0622 e. The lowest BCUT2D eigenvalue weighted by molar-refractivity contribution is 1.36. The third kappa shape index (κ3) is 6.16. The van der Waals surface area contributed by atoms with E-state index in [0.717, 1.165) is 12.3 Å². The van der Waals surface area contributed by atoms with E-state index in [9.17, 15) is 0 Å². The monoisotopic (exact) mass is 600 g/mol. The molecular weight excluding hydrogens is 566 g/mol. The Labute approximate surface area is 263 Å². The molecular formula is C42H34P2. The minimum atomic E-state index is -0.584. The van der Waals surface area contributed by atoms with Crippen molar-refractivity contribution in [3.05, 3.63) is 193 Å². The summed E-state index contributed by atoms with van der Waals surface area (Å²) in [6, 6.07) is 67.1. The van der Waals surface area contributed by atoms with E-state index in [1.54, 1.807) is 0 Å². The van der Waals surface area contributed by atoms with E-state index in [4.69, 9.17) is 0 Å². The normalized spacial score (nSPS) is 11.3. The second-order valence-corrected chi connectivity index (χ2v) is 15.4. The molecule has 2 heteroatoms. The molecule has 44 heavy (non-hydrogen) atoms. The van der Waals surface area contributed by atoms with Crippen LogP contribution in [0, 0.1) is 0 Å². The molecule has 7 rings (SSSR count). The number of fused-ring (bicyclic) bond motifs is 1. The van der Waals surface area contributed by atoms with Crippen molar-refractivity contribution in [3.63, 3.8) is 0 Å². The van der Waals surface area contributed by atoms with Gasteiger partial charge in [-0.1, -0.05) is 182 Å². The van der Waals surface area contributed by atoms with Crippen molar-refractivity contribution in [1.29, 1.82) is 0 Å². The fraction of sp³-hybridized carbons (Fsp3) is 0.0476. The van der Waals surface area contributed by atoms with Gasteiger partial charge in [0, 0.05) is 12.3 Å². The fourth-order valence-corrected chi connectivity index (χ4v) is 10.8. The van der Waals surface area contributed by atoms with E-state index in [2.05, 4.69) is 182 Å². The van der Waals surface area contributed by atoms with Gasteiger partial charge in [-0.05, 0) is 70.1 Å². The summed E-state index contributed by atoms with van der Waals surface area (Å²) in [4.78, 5) is 0. The summed E-state index contributed by atoms with van der Waals surface area (Å²) >= 11 is 0. The number of benzene rings is 7. The molecule has 0 amide bonds. The van der Waals surface area contributed by atoms with Crippen LogP contribution in [0.4, 0.5) is 0 Å². The molecule has 0 atom stereocenters. The highest BCUT2D eigenvalue weighted by molar-refractivity contribution is 7.72. The third-order valence-electron chi connectivity index (χ3n) is 8.23. The van der Waals surface area contributed by atoms with Gasteiger partial charge in [0.1, 0.15) is 0 Å². The lowest BCUT2D eigenvalue weighted by atomic mass is 9.91. The molecule has 0 radical (unpaired) electrons. The quantitative estimate of drug-likeness (QED) is 0.145. The van der Waals surface area contributed by atoms with E-state index < -0.39 is 15.8 Å². The highest BCUT2D eigenvalue weighted by Gasteiger charge is 2.22. The summed E-state index contributed by atoms with van der Waals surface area (Å²) in [6.45, 7) is 0. The van der Waals surface area contributed by atoms with Gasteiger partial charge in [0.15, 0.2) is 0 Å². The maximum atomic E-state index is 2.40. The maximum Gasteiger partial charge on any atom is 0.00138 e. The average molecular weight is 601 g/mol. The van der Waals surface area contributed by atoms with E-state index in [-0.39, 0.29) is 0 Å². The van der Waals surface area contributed by atoms with E-state index in [1.807, 2.05) is 0 Å². The first-order valence-electron chi connectivity index (χ1n) is 15.2. The van der Waals surface area contributed by atoms with Crippen LogP contribution in [0.2, 0.25) is 0 Å². The number of rotatable bonds is 9. The van der Waals surface area contributed by atoms with Crippen molar-refractivity contribution in [1.82, 2.24) is 0 Å².